The summed E-state index contributed by atoms with van der Waals surface area (Å²) in [5.74, 6) is 0.792. The van der Waals surface area contributed by atoms with Gasteiger partial charge in [0.2, 0.25) is 5.78 Å². The first-order chi connectivity index (χ1) is 10.1. The fourth-order valence-electron chi connectivity index (χ4n) is 2.61. The molecule has 108 valence electrons. The molecule has 0 aliphatic heterocycles. The van der Waals surface area contributed by atoms with Crippen LogP contribution in [0.2, 0.25) is 0 Å². The van der Waals surface area contributed by atoms with Crippen molar-refractivity contribution in [3.8, 4) is 5.75 Å². The minimum Gasteiger partial charge on any atom is -0.485 e. The summed E-state index contributed by atoms with van der Waals surface area (Å²) in [7, 11) is 1.87. The molecule has 4 nitrogen and oxygen atoms in total. The zero-order chi connectivity index (χ0) is 14.8. The minimum absolute atomic E-state index is 0.0107. The molecule has 1 aromatic heterocycles. The van der Waals surface area contributed by atoms with Crippen LogP contribution in [0, 0.1) is 0 Å². The van der Waals surface area contributed by atoms with Crippen LogP contribution in [0.1, 0.15) is 39.1 Å². The van der Waals surface area contributed by atoms with Crippen molar-refractivity contribution >= 4 is 11.6 Å². The van der Waals surface area contributed by atoms with E-state index in [1.165, 1.54) is 0 Å². The van der Waals surface area contributed by atoms with Gasteiger partial charge in [0.25, 0.3) is 0 Å². The molecule has 0 unspecified atom stereocenters. The number of rotatable bonds is 4. The van der Waals surface area contributed by atoms with Crippen LogP contribution in [0.3, 0.4) is 0 Å². The zero-order valence-corrected chi connectivity index (χ0v) is 12.0. The summed E-state index contributed by atoms with van der Waals surface area (Å²) in [6.07, 6.45) is 6.01. The molecule has 1 aromatic carbocycles. The maximum atomic E-state index is 12.0. The molecule has 0 saturated heterocycles. The monoisotopic (exact) mass is 283 g/mol. The Morgan fingerprint density at radius 2 is 2.14 bits per heavy atom. The molecule has 0 N–H and O–H groups in total. The van der Waals surface area contributed by atoms with Crippen LogP contribution in [0.15, 0.2) is 36.7 Å². The summed E-state index contributed by atoms with van der Waals surface area (Å²) in [5.41, 5.74) is 2.46. The smallest absolute Gasteiger partial charge is 0.201 e. The predicted octanol–water partition coefficient (Wildman–Crippen LogP) is 2.81. The lowest BCUT2D eigenvalue weighted by atomic mass is 9.90. The average Bonchev–Trinajstić information content (AvgIpc) is 2.91. The zero-order valence-electron chi connectivity index (χ0n) is 12.0. The van der Waals surface area contributed by atoms with Gasteiger partial charge < -0.3 is 9.30 Å². The molecule has 0 bridgehead atoms. The van der Waals surface area contributed by atoms with Gasteiger partial charge >= 0.3 is 0 Å². The van der Waals surface area contributed by atoms with Crippen molar-refractivity contribution in [3.05, 3.63) is 53.3 Å². The van der Waals surface area contributed by atoms with Crippen molar-refractivity contribution < 1.29 is 14.3 Å². The second-order valence-corrected chi connectivity index (χ2v) is 5.37. The summed E-state index contributed by atoms with van der Waals surface area (Å²) >= 11 is 0. The molecule has 0 spiro atoms. The van der Waals surface area contributed by atoms with E-state index in [0.717, 1.165) is 24.0 Å². The van der Waals surface area contributed by atoms with E-state index in [1.807, 2.05) is 23.9 Å². The topological polar surface area (TPSA) is 48.3 Å². The van der Waals surface area contributed by atoms with Gasteiger partial charge in [0.15, 0.2) is 12.4 Å². The van der Waals surface area contributed by atoms with Crippen molar-refractivity contribution in [1.82, 2.24) is 4.57 Å². The number of benzene rings is 1. The third-order valence-electron chi connectivity index (χ3n) is 3.75. The summed E-state index contributed by atoms with van der Waals surface area (Å²) in [5, 5.41) is 0. The highest BCUT2D eigenvalue weighted by molar-refractivity contribution is 5.99. The average molecular weight is 283 g/mol. The predicted molar refractivity (Wildman–Crippen MR) is 78.9 cm³/mol. The van der Waals surface area contributed by atoms with Crippen molar-refractivity contribution in [2.45, 2.75) is 19.3 Å². The largest absolute Gasteiger partial charge is 0.485 e. The molecule has 4 heteroatoms. The second kappa shape index (κ2) is 5.56. The number of aromatic nitrogens is 1. The number of ketones is 2. The maximum absolute atomic E-state index is 12.0. The van der Waals surface area contributed by atoms with Crippen LogP contribution in [0.4, 0.5) is 0 Å². The molecule has 0 saturated carbocycles. The molecular weight excluding hydrogens is 266 g/mol. The van der Waals surface area contributed by atoms with Crippen LogP contribution < -0.4 is 4.74 Å². The molecule has 1 heterocycles. The number of fused-ring (bicyclic) bond motifs is 1. The summed E-state index contributed by atoms with van der Waals surface area (Å²) in [6, 6.07) is 7.22. The van der Waals surface area contributed by atoms with Gasteiger partial charge in [-0.05, 0) is 42.7 Å². The van der Waals surface area contributed by atoms with Crippen molar-refractivity contribution in [2.75, 3.05) is 6.61 Å². The molecule has 1 aliphatic rings. The third-order valence-corrected chi connectivity index (χ3v) is 3.75. The van der Waals surface area contributed by atoms with Gasteiger partial charge in [-0.1, -0.05) is 0 Å². The van der Waals surface area contributed by atoms with Crippen LogP contribution in [0.5, 0.6) is 5.75 Å². The van der Waals surface area contributed by atoms with Gasteiger partial charge in [-0.15, -0.1) is 0 Å². The Balaban J connectivity index is 1.68. The number of aryl methyl sites for hydroxylation is 2. The van der Waals surface area contributed by atoms with E-state index in [1.54, 1.807) is 24.4 Å². The molecule has 1 aliphatic carbocycles. The fraction of sp³-hybridized carbons (Fsp3) is 0.294. The molecule has 3 rings (SSSR count). The first kappa shape index (κ1) is 13.6. The number of carbonyl (C=O) groups is 2. The first-order valence-corrected chi connectivity index (χ1v) is 7.07. The van der Waals surface area contributed by atoms with Crippen molar-refractivity contribution in [3.63, 3.8) is 0 Å². The summed E-state index contributed by atoms with van der Waals surface area (Å²) in [6.45, 7) is 0.0107. The number of Topliss-reactive ketones (excluding diaryl/α,β-unsaturated/α-hetero) is 2. The lowest BCUT2D eigenvalue weighted by molar-refractivity contribution is 0.0919. The Kier molecular flexibility index (Phi) is 3.60. The Hall–Kier alpha value is -2.36. The van der Waals surface area contributed by atoms with Gasteiger partial charge in [-0.25, -0.2) is 0 Å². The molecule has 2 aromatic rings. The lowest BCUT2D eigenvalue weighted by Crippen LogP contribution is -2.13. The van der Waals surface area contributed by atoms with E-state index in [4.69, 9.17) is 4.74 Å². The second-order valence-electron chi connectivity index (χ2n) is 5.37. The molecular formula is C17H17NO3. The summed E-state index contributed by atoms with van der Waals surface area (Å²) < 4.78 is 7.39. The van der Waals surface area contributed by atoms with Gasteiger partial charge in [-0.2, -0.15) is 0 Å². The van der Waals surface area contributed by atoms with E-state index in [2.05, 4.69) is 0 Å². The standard InChI is InChI=1S/C17H17NO3/c1-18-8-7-13(10-18)17(20)11-21-14-5-6-15-12(9-14)3-2-4-16(15)19/h5-10H,2-4,11H2,1H3. The maximum Gasteiger partial charge on any atom is 0.201 e. The number of ether oxygens (including phenoxy) is 1. The first-order valence-electron chi connectivity index (χ1n) is 7.07. The Bertz CT molecular complexity index is 700. The highest BCUT2D eigenvalue weighted by Crippen LogP contribution is 2.25. The molecule has 0 radical (unpaired) electrons. The van der Waals surface area contributed by atoms with Gasteiger partial charge in [0.05, 0.1) is 0 Å². The van der Waals surface area contributed by atoms with E-state index >= 15 is 0 Å². The lowest BCUT2D eigenvalue weighted by Gasteiger charge is -2.15. The van der Waals surface area contributed by atoms with Crippen molar-refractivity contribution in [1.29, 1.82) is 0 Å². The Morgan fingerprint density at radius 1 is 1.29 bits per heavy atom. The number of nitrogens with zero attached hydrogens (tertiary/aromatic N) is 1. The SMILES string of the molecule is Cn1ccc(C(=O)COc2ccc3c(c2)CCCC3=O)c1. The Morgan fingerprint density at radius 3 is 2.90 bits per heavy atom. The van der Waals surface area contributed by atoms with Crippen LogP contribution in [-0.2, 0) is 13.5 Å². The molecule has 21 heavy (non-hydrogen) atoms. The van der Waals surface area contributed by atoms with E-state index in [-0.39, 0.29) is 18.2 Å². The number of carbonyl (C=O) groups excluding carboxylic acids is 2. The van der Waals surface area contributed by atoms with Crippen LogP contribution in [0.25, 0.3) is 0 Å². The Labute approximate surface area is 123 Å². The van der Waals surface area contributed by atoms with Gasteiger partial charge in [-0.3, -0.25) is 9.59 Å². The molecule has 0 atom stereocenters. The number of hydrogen-bond donors (Lipinski definition) is 0. The normalized spacial score (nSPS) is 13.9. The van der Waals surface area contributed by atoms with Crippen LogP contribution >= 0.6 is 0 Å². The van der Waals surface area contributed by atoms with Gasteiger partial charge in [0.1, 0.15) is 5.75 Å². The van der Waals surface area contributed by atoms with E-state index in [9.17, 15) is 9.59 Å². The molecule has 0 amide bonds. The van der Waals surface area contributed by atoms with E-state index in [0.29, 0.717) is 17.7 Å². The highest BCUT2D eigenvalue weighted by Gasteiger charge is 2.17. The third kappa shape index (κ3) is 2.89. The van der Waals surface area contributed by atoms with Crippen LogP contribution in [-0.4, -0.2) is 22.7 Å². The quantitative estimate of drug-likeness (QED) is 0.811. The highest BCUT2D eigenvalue weighted by atomic mass is 16.5. The number of hydrogen-bond acceptors (Lipinski definition) is 3. The van der Waals surface area contributed by atoms with Gasteiger partial charge in [0, 0.05) is 37.0 Å². The minimum atomic E-state index is -0.0515. The summed E-state index contributed by atoms with van der Waals surface area (Å²) in [4.78, 5) is 23.7. The molecule has 0 fully saturated rings. The van der Waals surface area contributed by atoms with E-state index < -0.39 is 0 Å². The fourth-order valence-corrected chi connectivity index (χ4v) is 2.61. The van der Waals surface area contributed by atoms with Crippen molar-refractivity contribution in [2.24, 2.45) is 7.05 Å².